The molecule has 2 heteroatoms. The Hall–Kier alpha value is -5.21. The van der Waals surface area contributed by atoms with Crippen molar-refractivity contribution in [2.24, 2.45) is 0 Å². The molecule has 0 aliphatic heterocycles. The maximum Gasteiger partial charge on any atom is 0.263 e. The number of aromatic nitrogens is 1. The van der Waals surface area contributed by atoms with Gasteiger partial charge in [-0.15, -0.1) is 0 Å². The minimum Gasteiger partial charge on any atom is -0.275 e. The zero-order valence-corrected chi connectivity index (χ0v) is 23.7. The van der Waals surface area contributed by atoms with E-state index in [1.165, 1.54) is 39.0 Å². The number of allylic oxidation sites excluding steroid dienone is 7. The fourth-order valence-electron chi connectivity index (χ4n) is 7.91. The molecule has 6 aromatic rings. The number of fused-ring (bicyclic) bond motifs is 7. The van der Waals surface area contributed by atoms with Gasteiger partial charge in [-0.2, -0.15) is 0 Å². The Morgan fingerprint density at radius 1 is 0.690 bits per heavy atom. The predicted molar refractivity (Wildman–Crippen MR) is 177 cm³/mol. The fraction of sp³-hybridized carbons (Fsp3) is 0.0750. The molecule has 2 aliphatic rings. The van der Waals surface area contributed by atoms with Crippen LogP contribution in [0, 0.1) is 0 Å². The standard InChI is InChI=1S/C40H29NO/c1-5-7-21-33-24(3)25(4)36(40(33)34-22-12-10-16-28(34)29-17-11-13-23-35(29)40)38-26(6-2)30-19-14-20-31-27-15-8-9-18-32(27)39(42)41(38)37(30)31/h5-23H,1-2H2,3-4H3/b21-7-. The maximum absolute atomic E-state index is 14.6. The van der Waals surface area contributed by atoms with E-state index >= 15 is 0 Å². The highest BCUT2D eigenvalue weighted by molar-refractivity contribution is 6.16. The van der Waals surface area contributed by atoms with Crippen molar-refractivity contribution >= 4 is 38.7 Å². The predicted octanol–water partition coefficient (Wildman–Crippen LogP) is 9.50. The van der Waals surface area contributed by atoms with Gasteiger partial charge in [-0.1, -0.05) is 122 Å². The Morgan fingerprint density at radius 3 is 1.95 bits per heavy atom. The smallest absolute Gasteiger partial charge is 0.263 e. The summed E-state index contributed by atoms with van der Waals surface area (Å²) in [6, 6.07) is 31.8. The minimum atomic E-state index is -0.607. The molecule has 0 amide bonds. The largest absolute Gasteiger partial charge is 0.275 e. The SMILES string of the molecule is C=C/C=C\C1=C(C)C(C)=C(c2c(C=C)c3cccc4c5ccccc5c(=O)n2c34)C12c1ccccc1-c1ccccc12. The van der Waals surface area contributed by atoms with E-state index in [2.05, 4.69) is 106 Å². The molecule has 4 aromatic carbocycles. The third-order valence-corrected chi connectivity index (χ3v) is 9.59. The van der Waals surface area contributed by atoms with Gasteiger partial charge in [-0.3, -0.25) is 9.20 Å². The number of para-hydroxylation sites is 1. The number of pyridine rings is 1. The van der Waals surface area contributed by atoms with Gasteiger partial charge in [0.15, 0.2) is 0 Å². The Bertz CT molecular complexity index is 2280. The number of nitrogens with zero attached hydrogens (tertiary/aromatic N) is 1. The lowest BCUT2D eigenvalue weighted by molar-refractivity contribution is 0.825. The van der Waals surface area contributed by atoms with Crippen LogP contribution in [-0.4, -0.2) is 4.40 Å². The van der Waals surface area contributed by atoms with Gasteiger partial charge >= 0.3 is 0 Å². The second kappa shape index (κ2) is 8.64. The Balaban J connectivity index is 1.64. The van der Waals surface area contributed by atoms with Crippen molar-refractivity contribution in [3.05, 3.63) is 172 Å². The molecule has 0 saturated heterocycles. The van der Waals surface area contributed by atoms with Crippen molar-refractivity contribution in [1.29, 1.82) is 0 Å². The lowest BCUT2D eigenvalue weighted by atomic mass is 9.67. The first kappa shape index (κ1) is 24.6. The molecule has 0 unspecified atom stereocenters. The van der Waals surface area contributed by atoms with Gasteiger partial charge in [0.25, 0.3) is 5.56 Å². The molecule has 0 saturated carbocycles. The molecule has 0 fully saturated rings. The van der Waals surface area contributed by atoms with Crippen LogP contribution in [0.2, 0.25) is 0 Å². The van der Waals surface area contributed by atoms with Gasteiger partial charge < -0.3 is 0 Å². The summed E-state index contributed by atoms with van der Waals surface area (Å²) in [4.78, 5) is 14.6. The van der Waals surface area contributed by atoms with Gasteiger partial charge in [0.2, 0.25) is 0 Å². The van der Waals surface area contributed by atoms with Crippen LogP contribution >= 0.6 is 0 Å². The van der Waals surface area contributed by atoms with Gasteiger partial charge in [0.1, 0.15) is 0 Å². The zero-order chi connectivity index (χ0) is 28.7. The van der Waals surface area contributed by atoms with Crippen molar-refractivity contribution in [3.63, 3.8) is 0 Å². The molecule has 8 rings (SSSR count). The third kappa shape index (κ3) is 2.77. The van der Waals surface area contributed by atoms with Crippen LogP contribution in [0.5, 0.6) is 0 Å². The molecule has 2 nitrogen and oxygen atoms in total. The summed E-state index contributed by atoms with van der Waals surface area (Å²) in [5.74, 6) is 0. The number of hydrogen-bond acceptors (Lipinski definition) is 1. The molecule has 0 radical (unpaired) electrons. The fourth-order valence-corrected chi connectivity index (χ4v) is 7.91. The van der Waals surface area contributed by atoms with E-state index in [0.717, 1.165) is 43.9 Å². The van der Waals surface area contributed by atoms with E-state index in [0.29, 0.717) is 0 Å². The van der Waals surface area contributed by atoms with Crippen molar-refractivity contribution in [2.75, 3.05) is 0 Å². The Kier molecular flexibility index (Phi) is 5.06. The van der Waals surface area contributed by atoms with Gasteiger partial charge in [0, 0.05) is 21.7 Å². The summed E-state index contributed by atoms with van der Waals surface area (Å²) in [6.45, 7) is 12.7. The quantitative estimate of drug-likeness (QED) is 0.161. The number of hydrogen-bond donors (Lipinski definition) is 0. The lowest BCUT2D eigenvalue weighted by Crippen LogP contribution is -2.29. The van der Waals surface area contributed by atoms with E-state index in [4.69, 9.17) is 0 Å². The second-order valence-electron chi connectivity index (χ2n) is 11.3. The Labute approximate surface area is 244 Å². The third-order valence-electron chi connectivity index (χ3n) is 9.59. The van der Waals surface area contributed by atoms with E-state index in [9.17, 15) is 4.79 Å². The number of benzene rings is 4. The first-order valence-corrected chi connectivity index (χ1v) is 14.4. The van der Waals surface area contributed by atoms with Gasteiger partial charge in [0.05, 0.1) is 16.6 Å². The average molecular weight is 540 g/mol. The monoisotopic (exact) mass is 539 g/mol. The molecule has 0 atom stereocenters. The van der Waals surface area contributed by atoms with Crippen LogP contribution in [0.1, 0.15) is 36.2 Å². The normalized spacial score (nSPS) is 15.6. The molecular weight excluding hydrogens is 510 g/mol. The maximum atomic E-state index is 14.6. The van der Waals surface area contributed by atoms with Crippen LogP contribution in [-0.2, 0) is 5.41 Å². The van der Waals surface area contributed by atoms with Gasteiger partial charge in [-0.05, 0) is 69.8 Å². The molecule has 1 spiro atoms. The van der Waals surface area contributed by atoms with Crippen LogP contribution < -0.4 is 5.56 Å². The van der Waals surface area contributed by atoms with Crippen LogP contribution in [0.25, 0.3) is 49.8 Å². The second-order valence-corrected chi connectivity index (χ2v) is 11.3. The Morgan fingerprint density at radius 2 is 1.29 bits per heavy atom. The highest BCUT2D eigenvalue weighted by Gasteiger charge is 2.53. The minimum absolute atomic E-state index is 0.000143. The topological polar surface area (TPSA) is 21.5 Å². The van der Waals surface area contributed by atoms with Crippen molar-refractivity contribution < 1.29 is 0 Å². The molecule has 2 aromatic heterocycles. The summed E-state index contributed by atoms with van der Waals surface area (Å²) < 4.78 is 1.99. The summed E-state index contributed by atoms with van der Waals surface area (Å²) in [6.07, 6.45) is 8.03. The summed E-state index contributed by atoms with van der Waals surface area (Å²) in [7, 11) is 0. The average Bonchev–Trinajstić information content (AvgIpc) is 3.59. The summed E-state index contributed by atoms with van der Waals surface area (Å²) in [5, 5.41) is 3.82. The summed E-state index contributed by atoms with van der Waals surface area (Å²) in [5.41, 5.74) is 11.9. The lowest BCUT2D eigenvalue weighted by Gasteiger charge is -2.34. The van der Waals surface area contributed by atoms with E-state index in [1.54, 1.807) is 0 Å². The van der Waals surface area contributed by atoms with E-state index < -0.39 is 5.41 Å². The van der Waals surface area contributed by atoms with Gasteiger partial charge in [-0.25, -0.2) is 0 Å². The molecule has 2 aliphatic carbocycles. The van der Waals surface area contributed by atoms with Crippen molar-refractivity contribution in [3.8, 4) is 11.1 Å². The molecule has 0 N–H and O–H groups in total. The molecule has 0 bridgehead atoms. The van der Waals surface area contributed by atoms with E-state index in [1.807, 2.05) is 40.8 Å². The first-order chi connectivity index (χ1) is 20.6. The molecule has 42 heavy (non-hydrogen) atoms. The van der Waals surface area contributed by atoms with Crippen LogP contribution in [0.3, 0.4) is 0 Å². The van der Waals surface area contributed by atoms with E-state index in [-0.39, 0.29) is 5.56 Å². The summed E-state index contributed by atoms with van der Waals surface area (Å²) >= 11 is 0. The molecule has 200 valence electrons. The van der Waals surface area contributed by atoms with Crippen molar-refractivity contribution in [2.45, 2.75) is 19.3 Å². The molecular formula is C40H29NO. The number of rotatable bonds is 4. The highest BCUT2D eigenvalue weighted by atomic mass is 16.1. The zero-order valence-electron chi connectivity index (χ0n) is 23.7. The van der Waals surface area contributed by atoms with Crippen LogP contribution in [0.4, 0.5) is 0 Å². The van der Waals surface area contributed by atoms with Crippen molar-refractivity contribution in [1.82, 2.24) is 4.40 Å². The highest BCUT2D eigenvalue weighted by Crippen LogP contribution is 2.64. The molecule has 2 heterocycles. The van der Waals surface area contributed by atoms with Crippen LogP contribution in [0.15, 0.2) is 144 Å². The first-order valence-electron chi connectivity index (χ1n) is 14.4.